The molecule has 4 heteroatoms. The predicted molar refractivity (Wildman–Crippen MR) is 85.9 cm³/mol. The number of ketones is 1. The highest BCUT2D eigenvalue weighted by molar-refractivity contribution is 6.08. The molecule has 0 radical (unpaired) electrons. The van der Waals surface area contributed by atoms with Crippen LogP contribution in [0.25, 0.3) is 6.08 Å². The van der Waals surface area contributed by atoms with Gasteiger partial charge in [-0.1, -0.05) is 24.3 Å². The van der Waals surface area contributed by atoms with Crippen LogP contribution in [0.4, 0.5) is 0 Å². The molecular formula is C18H18O4. The molecule has 0 amide bonds. The van der Waals surface area contributed by atoms with Gasteiger partial charge in [-0.3, -0.25) is 4.79 Å². The molecule has 0 fully saturated rings. The first kappa shape index (κ1) is 15.6. The quantitative estimate of drug-likeness (QED) is 0.603. The summed E-state index contributed by atoms with van der Waals surface area (Å²) in [6, 6.07) is 12.6. The molecule has 0 bridgehead atoms. The van der Waals surface area contributed by atoms with Gasteiger partial charge in [0.1, 0.15) is 5.75 Å². The van der Waals surface area contributed by atoms with E-state index in [2.05, 4.69) is 0 Å². The Morgan fingerprint density at radius 1 is 0.864 bits per heavy atom. The molecule has 0 spiro atoms. The van der Waals surface area contributed by atoms with Gasteiger partial charge in [0.15, 0.2) is 17.3 Å². The molecule has 0 saturated carbocycles. The number of ether oxygens (including phenoxy) is 3. The SMILES string of the molecule is COc1ccccc1C(=O)C=Cc1cccc(OC)c1OC. The van der Waals surface area contributed by atoms with Gasteiger partial charge in [0.05, 0.1) is 26.9 Å². The summed E-state index contributed by atoms with van der Waals surface area (Å²) in [5.74, 6) is 1.63. The van der Waals surface area contributed by atoms with Crippen LogP contribution < -0.4 is 14.2 Å². The molecule has 4 nitrogen and oxygen atoms in total. The van der Waals surface area contributed by atoms with Gasteiger partial charge in [-0.25, -0.2) is 0 Å². The van der Waals surface area contributed by atoms with E-state index in [9.17, 15) is 4.79 Å². The summed E-state index contributed by atoms with van der Waals surface area (Å²) in [5.41, 5.74) is 1.29. The van der Waals surface area contributed by atoms with Gasteiger partial charge in [0.2, 0.25) is 0 Å². The van der Waals surface area contributed by atoms with Gasteiger partial charge in [-0.2, -0.15) is 0 Å². The second-order valence-electron chi connectivity index (χ2n) is 4.48. The lowest BCUT2D eigenvalue weighted by Crippen LogP contribution is -1.98. The maximum atomic E-state index is 12.3. The van der Waals surface area contributed by atoms with E-state index < -0.39 is 0 Å². The monoisotopic (exact) mass is 298 g/mol. The Balaban J connectivity index is 2.31. The topological polar surface area (TPSA) is 44.8 Å². The van der Waals surface area contributed by atoms with Gasteiger partial charge in [0, 0.05) is 5.56 Å². The fourth-order valence-electron chi connectivity index (χ4n) is 2.15. The van der Waals surface area contributed by atoms with Gasteiger partial charge in [-0.15, -0.1) is 0 Å². The fourth-order valence-corrected chi connectivity index (χ4v) is 2.15. The number of para-hydroxylation sites is 2. The lowest BCUT2D eigenvalue weighted by atomic mass is 10.1. The smallest absolute Gasteiger partial charge is 0.189 e. The van der Waals surface area contributed by atoms with Crippen molar-refractivity contribution in [1.29, 1.82) is 0 Å². The lowest BCUT2D eigenvalue weighted by molar-refractivity contribution is 0.104. The number of benzene rings is 2. The summed E-state index contributed by atoms with van der Waals surface area (Å²) in [5, 5.41) is 0. The first-order valence-electron chi connectivity index (χ1n) is 6.77. The molecule has 0 aliphatic carbocycles. The summed E-state index contributed by atoms with van der Waals surface area (Å²) in [4.78, 5) is 12.3. The second kappa shape index (κ2) is 7.31. The number of rotatable bonds is 6. The second-order valence-corrected chi connectivity index (χ2v) is 4.48. The van der Waals surface area contributed by atoms with Crippen molar-refractivity contribution in [3.8, 4) is 17.2 Å². The summed E-state index contributed by atoms with van der Waals surface area (Å²) in [6.45, 7) is 0. The first-order valence-corrected chi connectivity index (χ1v) is 6.77. The van der Waals surface area contributed by atoms with Crippen LogP contribution in [0.5, 0.6) is 17.2 Å². The molecule has 0 aromatic heterocycles. The molecule has 2 aromatic rings. The molecule has 2 aromatic carbocycles. The minimum Gasteiger partial charge on any atom is -0.496 e. The van der Waals surface area contributed by atoms with Crippen LogP contribution in [0.3, 0.4) is 0 Å². The Morgan fingerprint density at radius 2 is 1.55 bits per heavy atom. The van der Waals surface area contributed by atoms with Gasteiger partial charge < -0.3 is 14.2 Å². The molecule has 0 aliphatic rings. The standard InChI is InChI=1S/C18H18O4/c1-20-16-9-5-4-8-14(16)15(19)12-11-13-7-6-10-17(21-2)18(13)22-3/h4-12H,1-3H3. The largest absolute Gasteiger partial charge is 0.496 e. The number of hydrogen-bond donors (Lipinski definition) is 0. The molecule has 0 unspecified atom stereocenters. The predicted octanol–water partition coefficient (Wildman–Crippen LogP) is 3.61. The van der Waals surface area contributed by atoms with Crippen LogP contribution in [0.15, 0.2) is 48.5 Å². The summed E-state index contributed by atoms with van der Waals surface area (Å²) in [6.07, 6.45) is 3.20. The summed E-state index contributed by atoms with van der Waals surface area (Å²) >= 11 is 0. The van der Waals surface area contributed by atoms with E-state index >= 15 is 0 Å². The molecule has 22 heavy (non-hydrogen) atoms. The van der Waals surface area contributed by atoms with Crippen molar-refractivity contribution >= 4 is 11.9 Å². The zero-order valence-electron chi connectivity index (χ0n) is 12.8. The Kier molecular flexibility index (Phi) is 5.20. The van der Waals surface area contributed by atoms with E-state index in [0.717, 1.165) is 5.56 Å². The van der Waals surface area contributed by atoms with E-state index in [0.29, 0.717) is 22.8 Å². The maximum Gasteiger partial charge on any atom is 0.189 e. The minimum absolute atomic E-state index is 0.137. The van der Waals surface area contributed by atoms with Gasteiger partial charge in [-0.05, 0) is 30.4 Å². The first-order chi connectivity index (χ1) is 10.7. The molecule has 0 heterocycles. The van der Waals surface area contributed by atoms with E-state index in [-0.39, 0.29) is 5.78 Å². The number of carbonyl (C=O) groups is 1. The zero-order valence-corrected chi connectivity index (χ0v) is 12.8. The van der Waals surface area contributed by atoms with Gasteiger partial charge >= 0.3 is 0 Å². The van der Waals surface area contributed by atoms with Crippen molar-refractivity contribution in [3.63, 3.8) is 0 Å². The zero-order chi connectivity index (χ0) is 15.9. The van der Waals surface area contributed by atoms with E-state index in [1.165, 1.54) is 6.08 Å². The summed E-state index contributed by atoms with van der Waals surface area (Å²) in [7, 11) is 4.68. The van der Waals surface area contributed by atoms with Crippen molar-refractivity contribution in [2.75, 3.05) is 21.3 Å². The molecule has 0 N–H and O–H groups in total. The highest BCUT2D eigenvalue weighted by atomic mass is 16.5. The number of hydrogen-bond acceptors (Lipinski definition) is 4. The fraction of sp³-hybridized carbons (Fsp3) is 0.167. The Hall–Kier alpha value is -2.75. The number of methoxy groups -OCH3 is 3. The van der Waals surface area contributed by atoms with Crippen molar-refractivity contribution in [2.45, 2.75) is 0 Å². The van der Waals surface area contributed by atoms with E-state index in [4.69, 9.17) is 14.2 Å². The van der Waals surface area contributed by atoms with Crippen molar-refractivity contribution < 1.29 is 19.0 Å². The Morgan fingerprint density at radius 3 is 2.23 bits per heavy atom. The third kappa shape index (κ3) is 3.28. The average Bonchev–Trinajstić information content (AvgIpc) is 2.58. The van der Waals surface area contributed by atoms with Crippen molar-refractivity contribution in [1.82, 2.24) is 0 Å². The van der Waals surface area contributed by atoms with Crippen LogP contribution in [0.1, 0.15) is 15.9 Å². The third-order valence-corrected chi connectivity index (χ3v) is 3.22. The highest BCUT2D eigenvalue weighted by Crippen LogP contribution is 2.31. The Labute approximate surface area is 129 Å². The molecule has 0 saturated heterocycles. The molecule has 0 aliphatic heterocycles. The summed E-state index contributed by atoms with van der Waals surface area (Å²) < 4.78 is 15.8. The van der Waals surface area contributed by atoms with Crippen molar-refractivity contribution in [3.05, 3.63) is 59.7 Å². The maximum absolute atomic E-state index is 12.3. The number of allylic oxidation sites excluding steroid dienone is 1. The molecule has 0 atom stereocenters. The average molecular weight is 298 g/mol. The van der Waals surface area contributed by atoms with E-state index in [1.54, 1.807) is 51.7 Å². The van der Waals surface area contributed by atoms with Crippen LogP contribution >= 0.6 is 0 Å². The van der Waals surface area contributed by atoms with Crippen LogP contribution in [-0.4, -0.2) is 27.1 Å². The van der Waals surface area contributed by atoms with Crippen LogP contribution in [0, 0.1) is 0 Å². The minimum atomic E-state index is -0.137. The number of carbonyl (C=O) groups excluding carboxylic acids is 1. The third-order valence-electron chi connectivity index (χ3n) is 3.22. The van der Waals surface area contributed by atoms with Gasteiger partial charge in [0.25, 0.3) is 0 Å². The van der Waals surface area contributed by atoms with Crippen molar-refractivity contribution in [2.24, 2.45) is 0 Å². The molecule has 2 rings (SSSR count). The molecular weight excluding hydrogens is 280 g/mol. The molecule has 114 valence electrons. The Bertz CT molecular complexity index is 689. The highest BCUT2D eigenvalue weighted by Gasteiger charge is 2.10. The normalized spacial score (nSPS) is 10.5. The lowest BCUT2D eigenvalue weighted by Gasteiger charge is -2.10. The van der Waals surface area contributed by atoms with E-state index in [1.807, 2.05) is 18.2 Å². The van der Waals surface area contributed by atoms with Crippen LogP contribution in [-0.2, 0) is 0 Å². The van der Waals surface area contributed by atoms with Crippen LogP contribution in [0.2, 0.25) is 0 Å².